The van der Waals surface area contributed by atoms with Crippen molar-refractivity contribution in [2.45, 2.75) is 27.7 Å². The molecule has 169 valence electrons. The summed E-state index contributed by atoms with van der Waals surface area (Å²) >= 11 is 0. The van der Waals surface area contributed by atoms with Gasteiger partial charge in [0.25, 0.3) is 0 Å². The van der Waals surface area contributed by atoms with Gasteiger partial charge in [-0.25, -0.2) is 0 Å². The Hall–Kier alpha value is -2.80. The predicted molar refractivity (Wildman–Crippen MR) is 146 cm³/mol. The molecule has 1 heteroatoms. The third kappa shape index (κ3) is 5.40. The van der Waals surface area contributed by atoms with Gasteiger partial charge >= 0.3 is 0 Å². The molecule has 0 aliphatic rings. The Morgan fingerprint density at radius 2 is 0.771 bits per heavy atom. The van der Waals surface area contributed by atoms with Crippen LogP contribution in [-0.2, 0) is 32.7 Å². The van der Waals surface area contributed by atoms with Crippen LogP contribution in [0.25, 0.3) is 44.5 Å². The summed E-state index contributed by atoms with van der Waals surface area (Å²) < 4.78 is 0. The van der Waals surface area contributed by atoms with Crippen molar-refractivity contribution in [3.05, 3.63) is 131 Å². The van der Waals surface area contributed by atoms with E-state index in [-0.39, 0.29) is 32.7 Å². The minimum atomic E-state index is 0. The van der Waals surface area contributed by atoms with Crippen LogP contribution in [0.3, 0.4) is 0 Å². The maximum Gasteiger partial charge on any atom is 0 e. The van der Waals surface area contributed by atoms with E-state index in [0.717, 1.165) is 0 Å². The molecule has 0 bridgehead atoms. The molecule has 0 heterocycles. The van der Waals surface area contributed by atoms with Crippen LogP contribution in [0.5, 0.6) is 0 Å². The SMILES string of the molecule is Cc1ccc(-c2ccc(-c3ccc(-c4ccc(-c5cc[c-]cc5)c(C)c4)c(C)c3)cc2C)cc1.[Y]. The van der Waals surface area contributed by atoms with Crippen molar-refractivity contribution >= 4 is 0 Å². The van der Waals surface area contributed by atoms with Crippen molar-refractivity contribution in [3.8, 4) is 44.5 Å². The summed E-state index contributed by atoms with van der Waals surface area (Å²) in [6, 6.07) is 40.5. The second-order valence-corrected chi connectivity index (χ2v) is 9.24. The van der Waals surface area contributed by atoms with Crippen molar-refractivity contribution < 1.29 is 32.7 Å². The van der Waals surface area contributed by atoms with Gasteiger partial charge in [-0.15, -0.1) is 5.56 Å². The molecular formula is C34H29Y-. The maximum absolute atomic E-state index is 3.10. The third-order valence-electron chi connectivity index (χ3n) is 6.72. The van der Waals surface area contributed by atoms with E-state index in [4.69, 9.17) is 0 Å². The molecule has 0 saturated heterocycles. The molecule has 0 aromatic heterocycles. The zero-order valence-electron chi connectivity index (χ0n) is 20.9. The summed E-state index contributed by atoms with van der Waals surface area (Å²) in [5.41, 5.74) is 15.3. The van der Waals surface area contributed by atoms with Crippen molar-refractivity contribution in [2.24, 2.45) is 0 Å². The van der Waals surface area contributed by atoms with Gasteiger partial charge in [-0.2, -0.15) is 30.3 Å². The Morgan fingerprint density at radius 3 is 1.26 bits per heavy atom. The maximum atomic E-state index is 3.10. The molecule has 0 unspecified atom stereocenters. The zero-order valence-corrected chi connectivity index (χ0v) is 23.7. The minimum Gasteiger partial charge on any atom is -0.184 e. The van der Waals surface area contributed by atoms with Crippen molar-refractivity contribution in [2.75, 3.05) is 0 Å². The van der Waals surface area contributed by atoms with Crippen LogP contribution in [0.1, 0.15) is 22.3 Å². The van der Waals surface area contributed by atoms with Crippen LogP contribution < -0.4 is 0 Å². The predicted octanol–water partition coefficient (Wildman–Crippen LogP) is 9.39. The topological polar surface area (TPSA) is 0 Å². The molecule has 0 aliphatic heterocycles. The first-order valence-corrected chi connectivity index (χ1v) is 11.9. The molecule has 5 aromatic carbocycles. The molecule has 0 fully saturated rings. The second kappa shape index (κ2) is 10.9. The van der Waals surface area contributed by atoms with Crippen molar-refractivity contribution in [3.63, 3.8) is 0 Å². The van der Waals surface area contributed by atoms with E-state index < -0.39 is 0 Å². The van der Waals surface area contributed by atoms with E-state index in [1.165, 1.54) is 66.8 Å². The Morgan fingerprint density at radius 1 is 0.400 bits per heavy atom. The normalized spacial score (nSPS) is 10.6. The number of hydrogen-bond donors (Lipinski definition) is 0. The minimum absolute atomic E-state index is 0. The smallest absolute Gasteiger partial charge is 0 e. The van der Waals surface area contributed by atoms with Crippen LogP contribution in [0.4, 0.5) is 0 Å². The molecule has 0 atom stereocenters. The van der Waals surface area contributed by atoms with Crippen molar-refractivity contribution in [1.29, 1.82) is 0 Å². The molecule has 0 saturated carbocycles. The second-order valence-electron chi connectivity index (χ2n) is 9.24. The molecule has 1 radical (unpaired) electrons. The van der Waals surface area contributed by atoms with Crippen LogP contribution in [0.2, 0.25) is 0 Å². The van der Waals surface area contributed by atoms with Gasteiger partial charge in [0.15, 0.2) is 0 Å². The molecule has 5 aromatic rings. The average Bonchev–Trinajstić information content (AvgIpc) is 2.85. The number of rotatable bonds is 4. The van der Waals surface area contributed by atoms with E-state index in [9.17, 15) is 0 Å². The van der Waals surface area contributed by atoms with Gasteiger partial charge in [0.1, 0.15) is 0 Å². The fraction of sp³-hybridized carbons (Fsp3) is 0.118. The van der Waals surface area contributed by atoms with Gasteiger partial charge in [0.05, 0.1) is 0 Å². The fourth-order valence-corrected chi connectivity index (χ4v) is 4.79. The summed E-state index contributed by atoms with van der Waals surface area (Å²) in [7, 11) is 0. The molecule has 0 nitrogen and oxygen atoms in total. The van der Waals surface area contributed by atoms with Gasteiger partial charge in [0.2, 0.25) is 0 Å². The van der Waals surface area contributed by atoms with E-state index in [0.29, 0.717) is 0 Å². The molecule has 35 heavy (non-hydrogen) atoms. The quantitative estimate of drug-likeness (QED) is 0.205. The van der Waals surface area contributed by atoms with Crippen LogP contribution >= 0.6 is 0 Å². The van der Waals surface area contributed by atoms with Crippen LogP contribution in [0, 0.1) is 33.8 Å². The van der Waals surface area contributed by atoms with Crippen LogP contribution in [-0.4, -0.2) is 0 Å². The summed E-state index contributed by atoms with van der Waals surface area (Å²) in [6.07, 6.45) is 0. The number of benzene rings is 5. The number of hydrogen-bond acceptors (Lipinski definition) is 0. The summed E-state index contributed by atoms with van der Waals surface area (Å²) in [5.74, 6) is 0. The Bertz CT molecular complexity index is 1460. The molecule has 5 rings (SSSR count). The van der Waals surface area contributed by atoms with Gasteiger partial charge in [-0.05, 0) is 83.3 Å². The first-order valence-electron chi connectivity index (χ1n) is 11.9. The zero-order chi connectivity index (χ0) is 23.7. The standard InChI is InChI=1S/C34H29.Y/c1-23-10-12-28(13-11-23)33-17-14-29(20-24(33)2)30-15-18-34(25(3)21-30)31-16-19-32(26(4)22-31)27-8-6-5-7-9-27;/h6-22H,1-4H3;/q-1;. The van der Waals surface area contributed by atoms with Gasteiger partial charge in [0, 0.05) is 32.7 Å². The summed E-state index contributed by atoms with van der Waals surface area (Å²) in [6.45, 7) is 8.73. The molecule has 0 aliphatic carbocycles. The first-order chi connectivity index (χ1) is 16.5. The fourth-order valence-electron chi connectivity index (χ4n) is 4.79. The van der Waals surface area contributed by atoms with Crippen LogP contribution in [0.15, 0.2) is 103 Å². The molecule has 0 N–H and O–H groups in total. The van der Waals surface area contributed by atoms with Gasteiger partial charge in [-0.1, -0.05) is 84.4 Å². The average molecular weight is 527 g/mol. The first kappa shape index (κ1) is 25.3. The molecular weight excluding hydrogens is 497 g/mol. The van der Waals surface area contributed by atoms with Gasteiger partial charge < -0.3 is 0 Å². The van der Waals surface area contributed by atoms with Crippen molar-refractivity contribution in [1.82, 2.24) is 0 Å². The van der Waals surface area contributed by atoms with E-state index >= 15 is 0 Å². The monoisotopic (exact) mass is 526 g/mol. The Balaban J connectivity index is 0.00000289. The molecule has 0 spiro atoms. The van der Waals surface area contributed by atoms with E-state index in [1.807, 2.05) is 12.1 Å². The Labute approximate surface area is 235 Å². The summed E-state index contributed by atoms with van der Waals surface area (Å²) in [4.78, 5) is 0. The number of aryl methyl sites for hydroxylation is 4. The summed E-state index contributed by atoms with van der Waals surface area (Å²) in [5, 5.41) is 0. The largest absolute Gasteiger partial charge is 0.184 e. The Kier molecular flexibility index (Phi) is 7.85. The van der Waals surface area contributed by atoms with E-state index in [2.05, 4.69) is 125 Å². The van der Waals surface area contributed by atoms with Gasteiger partial charge in [-0.3, -0.25) is 0 Å². The third-order valence-corrected chi connectivity index (χ3v) is 6.72. The molecule has 0 amide bonds. The van der Waals surface area contributed by atoms with E-state index in [1.54, 1.807) is 0 Å².